The van der Waals surface area contributed by atoms with Gasteiger partial charge in [0.05, 0.1) is 0 Å². The Labute approximate surface area is 95.0 Å². The summed E-state index contributed by atoms with van der Waals surface area (Å²) in [5, 5.41) is 4.21. The molecule has 0 atom stereocenters. The minimum absolute atomic E-state index is 0. The van der Waals surface area contributed by atoms with Crippen LogP contribution >= 0.6 is 0 Å². The van der Waals surface area contributed by atoms with E-state index in [1.165, 1.54) is 12.8 Å². The molecule has 0 unspecified atom stereocenters. The summed E-state index contributed by atoms with van der Waals surface area (Å²) in [4.78, 5) is 0. The summed E-state index contributed by atoms with van der Waals surface area (Å²) in [5.74, 6) is 0. The van der Waals surface area contributed by atoms with Crippen LogP contribution in [0.5, 0.6) is 0 Å². The summed E-state index contributed by atoms with van der Waals surface area (Å²) in [6.45, 7) is 6.40. The molecule has 0 N–H and O–H groups in total. The quantitative estimate of drug-likeness (QED) is 0.357. The summed E-state index contributed by atoms with van der Waals surface area (Å²) in [6, 6.07) is 0. The first-order valence-corrected chi connectivity index (χ1v) is 3.05. The van der Waals surface area contributed by atoms with Crippen molar-refractivity contribution in [3.05, 3.63) is 5.32 Å². The van der Waals surface area contributed by atoms with Crippen LogP contribution in [0.1, 0.15) is 26.7 Å². The smallest absolute Gasteiger partial charge is 0.662 e. The van der Waals surface area contributed by atoms with Crippen molar-refractivity contribution in [2.75, 3.05) is 13.1 Å². The van der Waals surface area contributed by atoms with E-state index in [0.29, 0.717) is 0 Å². The second kappa shape index (κ2) is 11.4. The summed E-state index contributed by atoms with van der Waals surface area (Å²) in [7, 11) is 0. The Kier molecular flexibility index (Phi) is 17.5. The molecule has 0 bridgehead atoms. The molecule has 0 fully saturated rings. The van der Waals surface area contributed by atoms with Crippen LogP contribution in [0.4, 0.5) is 0 Å². The van der Waals surface area contributed by atoms with Crippen molar-refractivity contribution in [1.29, 1.82) is 0 Å². The molecule has 0 amide bonds. The SMILES string of the molecule is CCC[N-]CCC.[K+]. The van der Waals surface area contributed by atoms with E-state index < -0.39 is 0 Å². The molecule has 0 radical (unpaired) electrons. The number of hydrogen-bond donors (Lipinski definition) is 0. The van der Waals surface area contributed by atoms with Gasteiger partial charge in [0.2, 0.25) is 0 Å². The fraction of sp³-hybridized carbons (Fsp3) is 1.00. The molecular weight excluding hydrogens is 125 g/mol. The predicted molar refractivity (Wildman–Crippen MR) is 33.7 cm³/mol. The van der Waals surface area contributed by atoms with Crippen molar-refractivity contribution in [3.63, 3.8) is 0 Å². The Balaban J connectivity index is 0. The van der Waals surface area contributed by atoms with E-state index in [2.05, 4.69) is 19.2 Å². The van der Waals surface area contributed by atoms with Gasteiger partial charge in [-0.05, 0) is 0 Å². The van der Waals surface area contributed by atoms with Crippen LogP contribution in [0.15, 0.2) is 0 Å². The van der Waals surface area contributed by atoms with Gasteiger partial charge in [0.1, 0.15) is 0 Å². The van der Waals surface area contributed by atoms with Crippen LogP contribution in [0.25, 0.3) is 5.32 Å². The monoisotopic (exact) mass is 139 g/mol. The second-order valence-electron chi connectivity index (χ2n) is 1.67. The molecule has 8 heavy (non-hydrogen) atoms. The van der Waals surface area contributed by atoms with Gasteiger partial charge < -0.3 is 5.32 Å². The zero-order valence-electron chi connectivity index (χ0n) is 6.28. The van der Waals surface area contributed by atoms with Gasteiger partial charge >= 0.3 is 51.4 Å². The third-order valence-electron chi connectivity index (χ3n) is 0.763. The van der Waals surface area contributed by atoms with Crippen LogP contribution in [0.3, 0.4) is 0 Å². The fourth-order valence-electron chi connectivity index (χ4n) is 0.428. The largest absolute Gasteiger partial charge is 1.00 e. The Morgan fingerprint density at radius 3 is 1.62 bits per heavy atom. The van der Waals surface area contributed by atoms with Crippen LogP contribution in [-0.4, -0.2) is 13.1 Å². The van der Waals surface area contributed by atoms with Gasteiger partial charge in [-0.25, -0.2) is 0 Å². The number of hydrogen-bond acceptors (Lipinski definition) is 0. The van der Waals surface area contributed by atoms with Crippen molar-refractivity contribution < 1.29 is 51.4 Å². The van der Waals surface area contributed by atoms with Gasteiger partial charge in [0.25, 0.3) is 0 Å². The van der Waals surface area contributed by atoms with Gasteiger partial charge in [-0.1, -0.05) is 26.7 Å². The van der Waals surface area contributed by atoms with E-state index in [9.17, 15) is 0 Å². The molecule has 0 saturated heterocycles. The molecule has 0 spiro atoms. The van der Waals surface area contributed by atoms with Crippen molar-refractivity contribution in [3.8, 4) is 0 Å². The molecule has 0 aliphatic rings. The van der Waals surface area contributed by atoms with Crippen molar-refractivity contribution in [2.24, 2.45) is 0 Å². The summed E-state index contributed by atoms with van der Waals surface area (Å²) >= 11 is 0. The Morgan fingerprint density at radius 1 is 1.00 bits per heavy atom. The molecule has 2 heteroatoms. The summed E-state index contributed by atoms with van der Waals surface area (Å²) in [5.41, 5.74) is 0. The van der Waals surface area contributed by atoms with Gasteiger partial charge in [0.15, 0.2) is 0 Å². The summed E-state index contributed by atoms with van der Waals surface area (Å²) < 4.78 is 0. The normalized spacial score (nSPS) is 8.25. The van der Waals surface area contributed by atoms with Crippen LogP contribution in [-0.2, 0) is 0 Å². The molecule has 0 aliphatic carbocycles. The standard InChI is InChI=1S/C6H14N.K/c1-3-5-7-6-4-2;/h3-6H2,1-2H3;/q-1;+1. The van der Waals surface area contributed by atoms with E-state index in [4.69, 9.17) is 0 Å². The topological polar surface area (TPSA) is 14.1 Å². The maximum Gasteiger partial charge on any atom is 1.00 e. The second-order valence-corrected chi connectivity index (χ2v) is 1.67. The first kappa shape index (κ1) is 12.3. The van der Waals surface area contributed by atoms with Crippen LogP contribution in [0.2, 0.25) is 0 Å². The first-order chi connectivity index (χ1) is 3.41. The van der Waals surface area contributed by atoms with Crippen molar-refractivity contribution >= 4 is 0 Å². The van der Waals surface area contributed by atoms with Crippen molar-refractivity contribution in [1.82, 2.24) is 0 Å². The van der Waals surface area contributed by atoms with E-state index in [1.807, 2.05) is 0 Å². The molecule has 1 nitrogen and oxygen atoms in total. The van der Waals surface area contributed by atoms with E-state index in [-0.39, 0.29) is 51.4 Å². The number of nitrogens with zero attached hydrogens (tertiary/aromatic N) is 1. The van der Waals surface area contributed by atoms with Gasteiger partial charge in [-0.15, -0.1) is 13.1 Å². The third-order valence-corrected chi connectivity index (χ3v) is 0.763. The molecule has 0 aliphatic heterocycles. The van der Waals surface area contributed by atoms with Gasteiger partial charge in [-0.3, -0.25) is 0 Å². The Morgan fingerprint density at radius 2 is 1.38 bits per heavy atom. The average molecular weight is 139 g/mol. The molecule has 44 valence electrons. The molecule has 0 heterocycles. The van der Waals surface area contributed by atoms with Crippen LogP contribution in [0, 0.1) is 0 Å². The van der Waals surface area contributed by atoms with Crippen molar-refractivity contribution in [2.45, 2.75) is 26.7 Å². The Bertz CT molecular complexity index is 27.7. The zero-order valence-corrected chi connectivity index (χ0v) is 9.40. The summed E-state index contributed by atoms with van der Waals surface area (Å²) in [6.07, 6.45) is 2.39. The fourth-order valence-corrected chi connectivity index (χ4v) is 0.428. The molecule has 0 aromatic heterocycles. The average Bonchev–Trinajstić information content (AvgIpc) is 1.69. The zero-order chi connectivity index (χ0) is 5.54. The third kappa shape index (κ3) is 10.6. The van der Waals surface area contributed by atoms with E-state index in [1.54, 1.807) is 0 Å². The van der Waals surface area contributed by atoms with E-state index >= 15 is 0 Å². The molecule has 0 aromatic carbocycles. The van der Waals surface area contributed by atoms with Crippen LogP contribution < -0.4 is 51.4 Å². The van der Waals surface area contributed by atoms with Gasteiger partial charge in [0, 0.05) is 0 Å². The minimum Gasteiger partial charge on any atom is -0.662 e. The molecular formula is C6H14KN. The van der Waals surface area contributed by atoms with Gasteiger partial charge in [-0.2, -0.15) is 0 Å². The maximum atomic E-state index is 4.21. The first-order valence-electron chi connectivity index (χ1n) is 3.05. The number of rotatable bonds is 4. The molecule has 0 rings (SSSR count). The Hall–Kier alpha value is 1.60. The minimum atomic E-state index is 0. The molecule has 0 aromatic rings. The predicted octanol–water partition coefficient (Wildman–Crippen LogP) is -0.816. The maximum absolute atomic E-state index is 4.21. The van der Waals surface area contributed by atoms with E-state index in [0.717, 1.165) is 13.1 Å². The molecule has 0 saturated carbocycles.